The summed E-state index contributed by atoms with van der Waals surface area (Å²) in [5.41, 5.74) is -0.222. The van der Waals surface area contributed by atoms with Gasteiger partial charge in [-0.15, -0.1) is 11.3 Å². The van der Waals surface area contributed by atoms with Crippen LogP contribution in [0.5, 0.6) is 0 Å². The van der Waals surface area contributed by atoms with E-state index in [0.29, 0.717) is 18.5 Å². The van der Waals surface area contributed by atoms with E-state index < -0.39 is 46.9 Å². The first kappa shape index (κ1) is 31.6. The summed E-state index contributed by atoms with van der Waals surface area (Å²) >= 11 is 1.41. The van der Waals surface area contributed by atoms with Gasteiger partial charge in [-0.25, -0.2) is 9.37 Å². The van der Waals surface area contributed by atoms with E-state index in [1.165, 1.54) is 17.4 Å². The number of hydrogen-bond donors (Lipinski definition) is 3. The zero-order valence-corrected chi connectivity index (χ0v) is 25.1. The highest BCUT2D eigenvalue weighted by Gasteiger charge is 2.53. The Hall–Kier alpha value is -1.94. The normalized spacial score (nSPS) is 34.7. The number of halogens is 1. The third kappa shape index (κ3) is 8.06. The molecule has 0 radical (unpaired) electrons. The summed E-state index contributed by atoms with van der Waals surface area (Å²) in [5, 5.41) is 27.6. The molecule has 2 fully saturated rings. The van der Waals surface area contributed by atoms with Crippen molar-refractivity contribution >= 4 is 29.1 Å². The van der Waals surface area contributed by atoms with Crippen LogP contribution in [0.2, 0.25) is 0 Å². The summed E-state index contributed by atoms with van der Waals surface area (Å²) in [4.78, 5) is 31.1. The Morgan fingerprint density at radius 3 is 2.59 bits per heavy atom. The first-order valence-corrected chi connectivity index (χ1v) is 14.8. The van der Waals surface area contributed by atoms with Crippen LogP contribution in [0.3, 0.4) is 0 Å². The van der Waals surface area contributed by atoms with Gasteiger partial charge in [-0.2, -0.15) is 0 Å². The first-order chi connectivity index (χ1) is 18.1. The van der Waals surface area contributed by atoms with Crippen LogP contribution in [0.15, 0.2) is 22.9 Å². The average Bonchev–Trinajstić information content (AvgIpc) is 3.29. The summed E-state index contributed by atoms with van der Waals surface area (Å²) < 4.78 is 21.5. The van der Waals surface area contributed by atoms with Crippen molar-refractivity contribution in [3.8, 4) is 0 Å². The van der Waals surface area contributed by atoms with Gasteiger partial charge in [0.1, 0.15) is 11.6 Å². The number of fused-ring (bicyclic) bond motifs is 1. The van der Waals surface area contributed by atoms with Crippen LogP contribution >= 0.6 is 11.3 Å². The molecule has 0 bridgehead atoms. The van der Waals surface area contributed by atoms with Crippen LogP contribution in [-0.2, 0) is 14.3 Å². The number of ketones is 1. The number of carbonyl (C=O) groups is 2. The molecule has 218 valence electrons. The van der Waals surface area contributed by atoms with Crippen molar-refractivity contribution in [1.82, 2.24) is 10.3 Å². The van der Waals surface area contributed by atoms with E-state index in [1.807, 2.05) is 40.7 Å². The zero-order valence-electron chi connectivity index (χ0n) is 24.3. The molecule has 2 unspecified atom stereocenters. The number of aromatic nitrogens is 1. The van der Waals surface area contributed by atoms with E-state index in [0.717, 1.165) is 23.4 Å². The zero-order chi connectivity index (χ0) is 29.1. The molecule has 3 N–H and O–H groups in total. The van der Waals surface area contributed by atoms with Crippen LogP contribution < -0.4 is 5.32 Å². The number of nitrogens with zero attached hydrogens (tertiary/aromatic N) is 1. The second-order valence-corrected chi connectivity index (χ2v) is 13.4. The number of thiazole rings is 1. The molecule has 2 aliphatic rings. The first-order valence-electron chi connectivity index (χ1n) is 13.9. The Balaban J connectivity index is 1.90. The fourth-order valence-electron chi connectivity index (χ4n) is 5.38. The maximum Gasteiger partial charge on any atom is 0.223 e. The lowest BCUT2D eigenvalue weighted by Gasteiger charge is -2.36. The van der Waals surface area contributed by atoms with Gasteiger partial charge in [0.15, 0.2) is 0 Å². The maximum absolute atomic E-state index is 15.5. The van der Waals surface area contributed by atoms with Gasteiger partial charge in [-0.05, 0) is 59.0 Å². The van der Waals surface area contributed by atoms with E-state index in [1.54, 1.807) is 19.2 Å². The van der Waals surface area contributed by atoms with Crippen molar-refractivity contribution in [2.24, 2.45) is 17.3 Å². The predicted molar refractivity (Wildman–Crippen MR) is 152 cm³/mol. The number of carbonyl (C=O) groups excluding carboxylic acids is 2. The lowest BCUT2D eigenvalue weighted by Crippen LogP contribution is -2.48. The molecule has 2 saturated heterocycles. The monoisotopic (exact) mass is 564 g/mol. The molecule has 9 heteroatoms. The van der Waals surface area contributed by atoms with E-state index in [4.69, 9.17) is 4.74 Å². The summed E-state index contributed by atoms with van der Waals surface area (Å²) in [7, 11) is 0. The van der Waals surface area contributed by atoms with Crippen molar-refractivity contribution in [3.05, 3.63) is 33.6 Å². The van der Waals surface area contributed by atoms with E-state index in [-0.39, 0.29) is 30.6 Å². The maximum atomic E-state index is 15.5. The topological polar surface area (TPSA) is 112 Å². The molecule has 7 nitrogen and oxygen atoms in total. The largest absolute Gasteiger partial charge is 0.392 e. The Bertz CT molecular complexity index is 1090. The molecule has 0 aliphatic carbocycles. The third-order valence-electron chi connectivity index (χ3n) is 8.37. The smallest absolute Gasteiger partial charge is 0.223 e. The Morgan fingerprint density at radius 1 is 1.28 bits per heavy atom. The Kier molecular flexibility index (Phi) is 10.3. The van der Waals surface area contributed by atoms with E-state index >= 15 is 4.39 Å². The standard InChI is InChI=1S/C30H45FN2O5S/c1-17(2)10-11-21-27(36)18(3)9-8-12-30(7)25(38-30)14-23(22(31)13-20-16-39-19(4)32-20)33-26(35)15-24(34)29(5,6)28(21)37/h10,13,16,18,21,23-25,27,34,36H,8-9,11-12,14-15H2,1-7H3,(H,33,35)/t18-,21+,23-,24-,25?,27+,30?/m0/s1. The molecule has 1 aromatic rings. The Morgan fingerprint density at radius 2 is 1.97 bits per heavy atom. The minimum atomic E-state index is -1.31. The van der Waals surface area contributed by atoms with Gasteiger partial charge < -0.3 is 20.3 Å². The van der Waals surface area contributed by atoms with Gasteiger partial charge >= 0.3 is 0 Å². The highest BCUT2D eigenvalue weighted by molar-refractivity contribution is 7.09. The van der Waals surface area contributed by atoms with Crippen molar-refractivity contribution < 1.29 is 28.9 Å². The molecule has 3 rings (SSSR count). The molecule has 0 spiro atoms. The van der Waals surface area contributed by atoms with Crippen LogP contribution in [0.25, 0.3) is 6.08 Å². The number of nitrogens with one attached hydrogen (secondary N) is 1. The third-order valence-corrected chi connectivity index (χ3v) is 9.16. The number of amides is 1. The lowest BCUT2D eigenvalue weighted by molar-refractivity contribution is -0.144. The van der Waals surface area contributed by atoms with Gasteiger partial charge in [-0.3, -0.25) is 9.59 Å². The molecule has 0 saturated carbocycles. The van der Waals surface area contributed by atoms with Gasteiger partial charge in [-0.1, -0.05) is 38.8 Å². The summed E-state index contributed by atoms with van der Waals surface area (Å²) in [6.45, 7) is 12.9. The molecular formula is C30H45FN2O5S. The fourth-order valence-corrected chi connectivity index (χ4v) is 5.95. The van der Waals surface area contributed by atoms with Crippen LogP contribution in [0.4, 0.5) is 4.39 Å². The number of aliphatic hydroxyl groups excluding tert-OH is 2. The van der Waals surface area contributed by atoms with Crippen LogP contribution in [0, 0.1) is 24.2 Å². The summed E-state index contributed by atoms with van der Waals surface area (Å²) in [6.07, 6.45) is 3.24. The molecule has 0 aromatic carbocycles. The highest BCUT2D eigenvalue weighted by atomic mass is 32.1. The van der Waals surface area contributed by atoms with Crippen molar-refractivity contribution in [2.75, 3.05) is 0 Å². The van der Waals surface area contributed by atoms with Crippen molar-refractivity contribution in [3.63, 3.8) is 0 Å². The SMILES string of the molecule is CC(C)=CC[C@H]1C(=O)C(C)(C)[C@@H](O)CC(=O)N[C@H](C(F)=Cc2csc(C)n2)CC2OC2(C)CCC[C@H](C)[C@H]1O. The predicted octanol–water partition coefficient (Wildman–Crippen LogP) is 5.29. The number of aliphatic hydroxyl groups is 2. The van der Waals surface area contributed by atoms with Gasteiger partial charge in [0.25, 0.3) is 0 Å². The molecular weight excluding hydrogens is 519 g/mol. The fraction of sp³-hybridized carbons (Fsp3) is 0.700. The number of ether oxygens (including phenoxy) is 1. The average molecular weight is 565 g/mol. The molecule has 1 amide bonds. The van der Waals surface area contributed by atoms with Gasteiger partial charge in [0.2, 0.25) is 5.91 Å². The minimum Gasteiger partial charge on any atom is -0.392 e. The number of hydrogen-bond acceptors (Lipinski definition) is 7. The van der Waals surface area contributed by atoms with Crippen LogP contribution in [0.1, 0.15) is 90.8 Å². The quantitative estimate of drug-likeness (QED) is 0.338. The van der Waals surface area contributed by atoms with Crippen molar-refractivity contribution in [1.29, 1.82) is 0 Å². The molecule has 3 heterocycles. The number of rotatable bonds is 4. The van der Waals surface area contributed by atoms with Crippen molar-refractivity contribution in [2.45, 2.75) is 117 Å². The second-order valence-electron chi connectivity index (χ2n) is 12.4. The van der Waals surface area contributed by atoms with Gasteiger partial charge in [0, 0.05) is 17.7 Å². The number of epoxide rings is 1. The van der Waals surface area contributed by atoms with E-state index in [9.17, 15) is 19.8 Å². The second kappa shape index (κ2) is 12.7. The highest BCUT2D eigenvalue weighted by Crippen LogP contribution is 2.44. The summed E-state index contributed by atoms with van der Waals surface area (Å²) in [5.74, 6) is -2.24. The molecule has 39 heavy (non-hydrogen) atoms. The van der Waals surface area contributed by atoms with E-state index in [2.05, 4.69) is 10.3 Å². The molecule has 7 atom stereocenters. The number of aryl methyl sites for hydroxylation is 1. The molecule has 2 aliphatic heterocycles. The van der Waals surface area contributed by atoms with Crippen LogP contribution in [-0.4, -0.2) is 56.8 Å². The number of Topliss-reactive ketones (excluding diaryl/α,β-unsaturated/α-hetero) is 1. The number of allylic oxidation sites excluding steroid dienone is 2. The Labute approximate surface area is 235 Å². The summed E-state index contributed by atoms with van der Waals surface area (Å²) in [6, 6.07) is -0.948. The molecule has 1 aromatic heterocycles. The lowest BCUT2D eigenvalue weighted by atomic mass is 9.71. The van der Waals surface area contributed by atoms with Gasteiger partial charge in [0.05, 0.1) is 52.5 Å². The minimum absolute atomic E-state index is 0.149.